The van der Waals surface area contributed by atoms with Crippen LogP contribution in [0.15, 0.2) is 24.5 Å². The van der Waals surface area contributed by atoms with E-state index in [1.807, 2.05) is 32.9 Å². The highest BCUT2D eigenvalue weighted by atomic mass is 15.1. The first-order chi connectivity index (χ1) is 8.16. The van der Waals surface area contributed by atoms with Crippen molar-refractivity contribution in [3.05, 3.63) is 30.1 Å². The summed E-state index contributed by atoms with van der Waals surface area (Å²) in [5.74, 6) is 0. The average molecular weight is 239 g/mol. The van der Waals surface area contributed by atoms with Crippen LogP contribution in [0.3, 0.4) is 0 Å². The van der Waals surface area contributed by atoms with Crippen molar-refractivity contribution in [1.82, 2.24) is 15.2 Å². The Bertz CT molecular complexity index is 222. The van der Waals surface area contributed by atoms with Gasteiger partial charge in [0, 0.05) is 25.5 Å². The van der Waals surface area contributed by atoms with Gasteiger partial charge in [0.2, 0.25) is 0 Å². The van der Waals surface area contributed by atoms with Crippen LogP contribution in [0.5, 0.6) is 0 Å². The molecule has 17 heavy (non-hydrogen) atoms. The molecule has 0 aromatic carbocycles. The second kappa shape index (κ2) is 15.1. The van der Waals surface area contributed by atoms with Crippen molar-refractivity contribution in [2.24, 2.45) is 0 Å². The van der Waals surface area contributed by atoms with Crippen LogP contribution in [0.4, 0.5) is 0 Å². The Morgan fingerprint density at radius 2 is 1.71 bits per heavy atom. The quantitative estimate of drug-likeness (QED) is 0.819. The van der Waals surface area contributed by atoms with Gasteiger partial charge in [-0.05, 0) is 45.3 Å². The molecule has 3 heteroatoms. The summed E-state index contributed by atoms with van der Waals surface area (Å²) in [5, 5.41) is 3.24. The molecular weight excluding hydrogens is 210 g/mol. The number of nitrogens with one attached hydrogen (secondary N) is 1. The number of pyridine rings is 1. The van der Waals surface area contributed by atoms with E-state index in [9.17, 15) is 0 Å². The molecule has 0 saturated heterocycles. The van der Waals surface area contributed by atoms with Gasteiger partial charge in [-0.1, -0.05) is 20.8 Å². The minimum Gasteiger partial charge on any atom is -0.316 e. The molecule has 1 aromatic rings. The van der Waals surface area contributed by atoms with Crippen LogP contribution < -0.4 is 5.32 Å². The standard InChI is InChI=1S/C6H16N2.C6H7N.C2H6/c1-4-7-5-6-8(2)3;1-6-2-4-7-5-3-6;1-2/h7H,4-6H2,1-3H3;2-5H,1H3;1-2H3. The summed E-state index contributed by atoms with van der Waals surface area (Å²) in [7, 11) is 4.16. The molecule has 3 nitrogen and oxygen atoms in total. The van der Waals surface area contributed by atoms with Gasteiger partial charge >= 0.3 is 0 Å². The van der Waals surface area contributed by atoms with Crippen molar-refractivity contribution in [3.63, 3.8) is 0 Å². The van der Waals surface area contributed by atoms with Gasteiger partial charge in [0.15, 0.2) is 0 Å². The van der Waals surface area contributed by atoms with E-state index >= 15 is 0 Å². The molecule has 0 bridgehead atoms. The molecule has 0 spiro atoms. The Hall–Kier alpha value is -0.930. The highest BCUT2D eigenvalue weighted by Gasteiger charge is 1.84. The van der Waals surface area contributed by atoms with Gasteiger partial charge in [-0.15, -0.1) is 0 Å². The van der Waals surface area contributed by atoms with Gasteiger partial charge in [-0.3, -0.25) is 4.98 Å². The zero-order valence-electron chi connectivity index (χ0n) is 12.3. The molecule has 0 fully saturated rings. The second-order valence-electron chi connectivity index (χ2n) is 3.68. The Balaban J connectivity index is 0. The molecule has 0 unspecified atom stereocenters. The lowest BCUT2D eigenvalue weighted by Gasteiger charge is -2.08. The third kappa shape index (κ3) is 17.7. The Morgan fingerprint density at radius 3 is 2.00 bits per heavy atom. The first kappa shape index (κ1) is 18.4. The molecular formula is C14H29N3. The number of nitrogens with zero attached hydrogens (tertiary/aromatic N) is 2. The summed E-state index contributed by atoms with van der Waals surface area (Å²) < 4.78 is 0. The highest BCUT2D eigenvalue weighted by Crippen LogP contribution is 1.88. The minimum atomic E-state index is 1.08. The maximum absolute atomic E-state index is 3.85. The zero-order valence-corrected chi connectivity index (χ0v) is 12.3. The van der Waals surface area contributed by atoms with E-state index in [1.165, 1.54) is 5.56 Å². The number of hydrogen-bond donors (Lipinski definition) is 1. The largest absolute Gasteiger partial charge is 0.316 e. The van der Waals surface area contributed by atoms with Crippen LogP contribution in [0.25, 0.3) is 0 Å². The van der Waals surface area contributed by atoms with Gasteiger partial charge in [0.1, 0.15) is 0 Å². The lowest BCUT2D eigenvalue weighted by molar-refractivity contribution is 0.402. The molecule has 0 saturated carbocycles. The fraction of sp³-hybridized carbons (Fsp3) is 0.643. The van der Waals surface area contributed by atoms with Gasteiger partial charge in [-0.25, -0.2) is 0 Å². The predicted octanol–water partition coefficient (Wildman–Crippen LogP) is 2.57. The summed E-state index contributed by atoms with van der Waals surface area (Å²) in [6.45, 7) is 11.5. The number of aryl methyl sites for hydroxylation is 1. The summed E-state index contributed by atoms with van der Waals surface area (Å²) in [4.78, 5) is 6.01. The normalized spacial score (nSPS) is 8.88. The molecule has 0 amide bonds. The van der Waals surface area contributed by atoms with Crippen molar-refractivity contribution >= 4 is 0 Å². The van der Waals surface area contributed by atoms with Crippen LogP contribution in [-0.4, -0.2) is 43.6 Å². The first-order valence-electron chi connectivity index (χ1n) is 6.39. The van der Waals surface area contributed by atoms with Crippen molar-refractivity contribution in [3.8, 4) is 0 Å². The maximum Gasteiger partial charge on any atom is 0.0270 e. The highest BCUT2D eigenvalue weighted by molar-refractivity contribution is 5.05. The topological polar surface area (TPSA) is 28.2 Å². The smallest absolute Gasteiger partial charge is 0.0270 e. The number of aromatic nitrogens is 1. The number of hydrogen-bond acceptors (Lipinski definition) is 3. The molecule has 1 heterocycles. The van der Waals surface area contributed by atoms with E-state index in [4.69, 9.17) is 0 Å². The molecule has 1 aromatic heterocycles. The molecule has 0 atom stereocenters. The lowest BCUT2D eigenvalue weighted by Crippen LogP contribution is -2.26. The molecule has 0 aliphatic carbocycles. The second-order valence-corrected chi connectivity index (χ2v) is 3.68. The third-order valence-electron chi connectivity index (χ3n) is 1.83. The van der Waals surface area contributed by atoms with Crippen LogP contribution in [0, 0.1) is 6.92 Å². The van der Waals surface area contributed by atoms with Crippen molar-refractivity contribution in [1.29, 1.82) is 0 Å². The fourth-order valence-corrected chi connectivity index (χ4v) is 0.906. The van der Waals surface area contributed by atoms with Crippen LogP contribution in [0.2, 0.25) is 0 Å². The van der Waals surface area contributed by atoms with Crippen molar-refractivity contribution < 1.29 is 0 Å². The maximum atomic E-state index is 3.85. The lowest BCUT2D eigenvalue weighted by atomic mass is 10.3. The Labute approximate surface area is 107 Å². The predicted molar refractivity (Wildman–Crippen MR) is 77.4 cm³/mol. The van der Waals surface area contributed by atoms with E-state index < -0.39 is 0 Å². The first-order valence-corrected chi connectivity index (χ1v) is 6.39. The zero-order chi connectivity index (χ0) is 13.5. The van der Waals surface area contributed by atoms with Crippen LogP contribution >= 0.6 is 0 Å². The van der Waals surface area contributed by atoms with E-state index in [0.29, 0.717) is 0 Å². The fourth-order valence-electron chi connectivity index (χ4n) is 0.906. The molecule has 1 N–H and O–H groups in total. The van der Waals surface area contributed by atoms with E-state index in [1.54, 1.807) is 12.4 Å². The van der Waals surface area contributed by atoms with Gasteiger partial charge < -0.3 is 10.2 Å². The molecule has 1 rings (SSSR count). The summed E-state index contributed by atoms with van der Waals surface area (Å²) in [6.07, 6.45) is 3.57. The SMILES string of the molecule is CC.CCNCCN(C)C.Cc1ccncc1. The molecule has 0 aliphatic rings. The van der Waals surface area contributed by atoms with E-state index in [-0.39, 0.29) is 0 Å². The third-order valence-corrected chi connectivity index (χ3v) is 1.83. The van der Waals surface area contributed by atoms with Gasteiger partial charge in [0.25, 0.3) is 0 Å². The van der Waals surface area contributed by atoms with Gasteiger partial charge in [-0.2, -0.15) is 0 Å². The number of rotatable bonds is 4. The average Bonchev–Trinajstić information content (AvgIpc) is 2.33. The van der Waals surface area contributed by atoms with Gasteiger partial charge in [0.05, 0.1) is 0 Å². The molecule has 100 valence electrons. The van der Waals surface area contributed by atoms with E-state index in [0.717, 1.165) is 19.6 Å². The summed E-state index contributed by atoms with van der Waals surface area (Å²) in [5.41, 5.74) is 1.26. The Morgan fingerprint density at radius 1 is 1.18 bits per heavy atom. The van der Waals surface area contributed by atoms with Crippen molar-refractivity contribution in [2.45, 2.75) is 27.7 Å². The van der Waals surface area contributed by atoms with Crippen molar-refractivity contribution in [2.75, 3.05) is 33.7 Å². The summed E-state index contributed by atoms with van der Waals surface area (Å²) in [6, 6.07) is 3.94. The summed E-state index contributed by atoms with van der Waals surface area (Å²) >= 11 is 0. The molecule has 0 radical (unpaired) electrons. The van der Waals surface area contributed by atoms with E-state index in [2.05, 4.69) is 36.2 Å². The Kier molecular flexibility index (Phi) is 16.3. The minimum absolute atomic E-state index is 1.08. The number of likely N-dealkylation sites (N-methyl/N-ethyl adjacent to an activating group) is 2. The van der Waals surface area contributed by atoms with Crippen LogP contribution in [0.1, 0.15) is 26.3 Å². The molecule has 0 aliphatic heterocycles. The monoisotopic (exact) mass is 239 g/mol. The van der Waals surface area contributed by atoms with Crippen LogP contribution in [-0.2, 0) is 0 Å².